The van der Waals surface area contributed by atoms with E-state index in [2.05, 4.69) is 51.5 Å². The first kappa shape index (κ1) is 14.6. The lowest BCUT2D eigenvalue weighted by molar-refractivity contribution is 0.199. The normalized spacial score (nSPS) is 12.4. The Labute approximate surface area is 126 Å². The third-order valence-electron chi connectivity index (χ3n) is 3.12. The van der Waals surface area contributed by atoms with Gasteiger partial charge in [-0.15, -0.1) is 11.3 Å². The maximum Gasteiger partial charge on any atom is 0.0782 e. The molecule has 1 unspecified atom stereocenters. The Kier molecular flexibility index (Phi) is 5.02. The molecule has 1 atom stereocenters. The number of hydrogen-bond donors (Lipinski definition) is 1. The number of rotatable bonds is 5. The maximum absolute atomic E-state index is 9.88. The van der Waals surface area contributed by atoms with E-state index in [0.29, 0.717) is 0 Å². The molecule has 1 aromatic carbocycles. The van der Waals surface area contributed by atoms with Gasteiger partial charge in [0.25, 0.3) is 0 Å². The molecule has 0 aliphatic carbocycles. The van der Waals surface area contributed by atoms with Gasteiger partial charge in [0.05, 0.1) is 6.10 Å². The molecule has 0 amide bonds. The highest BCUT2D eigenvalue weighted by Gasteiger charge is 2.12. The fourth-order valence-corrected chi connectivity index (χ4v) is 3.14. The molecule has 0 saturated heterocycles. The van der Waals surface area contributed by atoms with Gasteiger partial charge >= 0.3 is 0 Å². The zero-order valence-electron chi connectivity index (χ0n) is 11.1. The van der Waals surface area contributed by atoms with Gasteiger partial charge in [-0.3, -0.25) is 0 Å². The summed E-state index contributed by atoms with van der Waals surface area (Å²) in [6.07, 6.45) is 0.570. The summed E-state index contributed by atoms with van der Waals surface area (Å²) in [6, 6.07) is 10.3. The Morgan fingerprint density at radius 1 is 1.37 bits per heavy atom. The van der Waals surface area contributed by atoms with E-state index in [4.69, 9.17) is 0 Å². The second kappa shape index (κ2) is 6.55. The molecule has 0 fully saturated rings. The number of likely N-dealkylation sites (N-methyl/N-ethyl adjacent to an activating group) is 1. The standard InChI is InChI=1S/C15H18BrNOS/c1-11(18)14-10-12(16)5-6-15(14)17(2)8-7-13-4-3-9-19-13/h3-6,9-11,18H,7-8H2,1-2H3. The topological polar surface area (TPSA) is 23.5 Å². The molecule has 0 spiro atoms. The lowest BCUT2D eigenvalue weighted by Gasteiger charge is -2.23. The number of nitrogens with zero attached hydrogens (tertiary/aromatic N) is 1. The highest BCUT2D eigenvalue weighted by molar-refractivity contribution is 9.10. The average Bonchev–Trinajstić information content (AvgIpc) is 2.88. The molecule has 0 saturated carbocycles. The Bertz CT molecular complexity index is 525. The third-order valence-corrected chi connectivity index (χ3v) is 4.55. The second-order valence-corrected chi connectivity index (χ2v) is 6.58. The van der Waals surface area contributed by atoms with Crippen molar-refractivity contribution in [2.45, 2.75) is 19.4 Å². The van der Waals surface area contributed by atoms with Gasteiger partial charge in [0, 0.05) is 34.2 Å². The van der Waals surface area contributed by atoms with Gasteiger partial charge in [-0.2, -0.15) is 0 Å². The van der Waals surface area contributed by atoms with Crippen LogP contribution in [0.5, 0.6) is 0 Å². The van der Waals surface area contributed by atoms with Gasteiger partial charge in [0.2, 0.25) is 0 Å². The molecule has 102 valence electrons. The third kappa shape index (κ3) is 3.81. The van der Waals surface area contributed by atoms with Crippen molar-refractivity contribution in [3.63, 3.8) is 0 Å². The van der Waals surface area contributed by atoms with E-state index in [9.17, 15) is 5.11 Å². The Morgan fingerprint density at radius 2 is 2.16 bits per heavy atom. The molecule has 0 aliphatic heterocycles. The van der Waals surface area contributed by atoms with Gasteiger partial charge in [-0.1, -0.05) is 22.0 Å². The highest BCUT2D eigenvalue weighted by atomic mass is 79.9. The summed E-state index contributed by atoms with van der Waals surface area (Å²) in [5.41, 5.74) is 2.05. The molecule has 0 radical (unpaired) electrons. The predicted molar refractivity (Wildman–Crippen MR) is 86.1 cm³/mol. The van der Waals surface area contributed by atoms with Crippen LogP contribution in [0.3, 0.4) is 0 Å². The fraction of sp³-hybridized carbons (Fsp3) is 0.333. The molecular weight excluding hydrogens is 322 g/mol. The van der Waals surface area contributed by atoms with Crippen LogP contribution in [0, 0.1) is 0 Å². The SMILES string of the molecule is CC(O)c1cc(Br)ccc1N(C)CCc1cccs1. The first-order valence-electron chi connectivity index (χ1n) is 6.29. The molecule has 19 heavy (non-hydrogen) atoms. The molecule has 1 N–H and O–H groups in total. The van der Waals surface area contributed by atoms with Crippen LogP contribution in [-0.2, 0) is 6.42 Å². The van der Waals surface area contributed by atoms with Crippen LogP contribution in [0.4, 0.5) is 5.69 Å². The van der Waals surface area contributed by atoms with Crippen LogP contribution in [0.2, 0.25) is 0 Å². The first-order valence-corrected chi connectivity index (χ1v) is 7.96. The van der Waals surface area contributed by atoms with E-state index in [1.807, 2.05) is 12.1 Å². The second-order valence-electron chi connectivity index (χ2n) is 4.63. The summed E-state index contributed by atoms with van der Waals surface area (Å²) in [6.45, 7) is 2.75. The van der Waals surface area contributed by atoms with E-state index in [1.165, 1.54) is 4.88 Å². The number of halogens is 1. The van der Waals surface area contributed by atoms with Crippen LogP contribution >= 0.6 is 27.3 Å². The number of thiophene rings is 1. The minimum atomic E-state index is -0.461. The lowest BCUT2D eigenvalue weighted by atomic mass is 10.1. The van der Waals surface area contributed by atoms with Crippen LogP contribution in [0.25, 0.3) is 0 Å². The zero-order valence-corrected chi connectivity index (χ0v) is 13.5. The van der Waals surface area contributed by atoms with E-state index in [-0.39, 0.29) is 0 Å². The van der Waals surface area contributed by atoms with Gasteiger partial charge in [-0.05, 0) is 43.0 Å². The molecule has 2 aromatic rings. The maximum atomic E-state index is 9.88. The smallest absolute Gasteiger partial charge is 0.0782 e. The van der Waals surface area contributed by atoms with E-state index >= 15 is 0 Å². The van der Waals surface area contributed by atoms with Crippen molar-refractivity contribution in [1.82, 2.24) is 0 Å². The van der Waals surface area contributed by atoms with Crippen molar-refractivity contribution in [3.05, 3.63) is 50.6 Å². The van der Waals surface area contributed by atoms with Crippen LogP contribution in [-0.4, -0.2) is 18.7 Å². The van der Waals surface area contributed by atoms with Crippen molar-refractivity contribution in [2.24, 2.45) is 0 Å². The van der Waals surface area contributed by atoms with Crippen LogP contribution in [0.1, 0.15) is 23.5 Å². The molecule has 4 heteroatoms. The summed E-state index contributed by atoms with van der Waals surface area (Å²) < 4.78 is 0.999. The minimum absolute atomic E-state index is 0.461. The zero-order chi connectivity index (χ0) is 13.8. The average molecular weight is 340 g/mol. The summed E-state index contributed by atoms with van der Waals surface area (Å²) >= 11 is 5.25. The highest BCUT2D eigenvalue weighted by Crippen LogP contribution is 2.29. The quantitative estimate of drug-likeness (QED) is 0.880. The molecule has 2 nitrogen and oxygen atoms in total. The largest absolute Gasteiger partial charge is 0.389 e. The lowest BCUT2D eigenvalue weighted by Crippen LogP contribution is -2.21. The van der Waals surface area contributed by atoms with Crippen LogP contribution in [0.15, 0.2) is 40.2 Å². The molecule has 0 bridgehead atoms. The predicted octanol–water partition coefficient (Wildman–Crippen LogP) is 4.24. The minimum Gasteiger partial charge on any atom is -0.389 e. The molecule has 0 aliphatic rings. The van der Waals surface area contributed by atoms with Crippen molar-refractivity contribution in [2.75, 3.05) is 18.5 Å². The summed E-state index contributed by atoms with van der Waals surface area (Å²) in [5.74, 6) is 0. The summed E-state index contributed by atoms with van der Waals surface area (Å²) in [5, 5.41) is 12.0. The van der Waals surface area contributed by atoms with Crippen molar-refractivity contribution in [3.8, 4) is 0 Å². The molecular formula is C15H18BrNOS. The number of hydrogen-bond acceptors (Lipinski definition) is 3. The van der Waals surface area contributed by atoms with Crippen molar-refractivity contribution >= 4 is 33.0 Å². The van der Waals surface area contributed by atoms with E-state index in [1.54, 1.807) is 18.3 Å². The van der Waals surface area contributed by atoms with Crippen LogP contribution < -0.4 is 4.90 Å². The summed E-state index contributed by atoms with van der Waals surface area (Å²) in [7, 11) is 2.07. The summed E-state index contributed by atoms with van der Waals surface area (Å²) in [4.78, 5) is 3.59. The van der Waals surface area contributed by atoms with Gasteiger partial charge in [0.15, 0.2) is 0 Å². The Morgan fingerprint density at radius 3 is 2.79 bits per heavy atom. The molecule has 1 heterocycles. The number of aliphatic hydroxyl groups excluding tert-OH is 1. The first-order chi connectivity index (χ1) is 9.08. The van der Waals surface area contributed by atoms with Crippen molar-refractivity contribution in [1.29, 1.82) is 0 Å². The van der Waals surface area contributed by atoms with Crippen molar-refractivity contribution < 1.29 is 5.11 Å². The molecule has 1 aromatic heterocycles. The monoisotopic (exact) mass is 339 g/mol. The Balaban J connectivity index is 2.12. The number of benzene rings is 1. The number of anilines is 1. The fourth-order valence-electron chi connectivity index (χ4n) is 2.06. The van der Waals surface area contributed by atoms with Gasteiger partial charge in [0.1, 0.15) is 0 Å². The number of aliphatic hydroxyl groups is 1. The van der Waals surface area contributed by atoms with E-state index < -0.39 is 6.10 Å². The van der Waals surface area contributed by atoms with E-state index in [0.717, 1.165) is 28.7 Å². The van der Waals surface area contributed by atoms with Gasteiger partial charge in [-0.25, -0.2) is 0 Å². The van der Waals surface area contributed by atoms with Gasteiger partial charge < -0.3 is 10.0 Å². The Hall–Kier alpha value is -0.840. The molecule has 2 rings (SSSR count).